The van der Waals surface area contributed by atoms with Crippen molar-refractivity contribution in [2.24, 2.45) is 0 Å². The van der Waals surface area contributed by atoms with E-state index in [0.29, 0.717) is 18.4 Å². The normalized spacial score (nSPS) is 11.9. The summed E-state index contributed by atoms with van der Waals surface area (Å²) in [5.74, 6) is -4.57. The predicted molar refractivity (Wildman–Crippen MR) is 104 cm³/mol. The first kappa shape index (κ1) is 20.8. The first-order valence-electron chi connectivity index (χ1n) is 8.84. The molecule has 0 radical (unpaired) electrons. The van der Waals surface area contributed by atoms with Crippen molar-refractivity contribution in [1.29, 1.82) is 0 Å². The summed E-state index contributed by atoms with van der Waals surface area (Å²) in [5.41, 5.74) is 5.69. The van der Waals surface area contributed by atoms with E-state index in [-0.39, 0.29) is 12.2 Å². The zero-order chi connectivity index (χ0) is 20.2. The van der Waals surface area contributed by atoms with Gasteiger partial charge < -0.3 is 15.3 Å². The van der Waals surface area contributed by atoms with Crippen molar-refractivity contribution in [2.75, 3.05) is 0 Å². The van der Waals surface area contributed by atoms with Crippen LogP contribution in [0.1, 0.15) is 41.5 Å². The molecule has 0 aliphatic heterocycles. The van der Waals surface area contributed by atoms with Crippen molar-refractivity contribution in [3.63, 3.8) is 0 Å². The number of hydrogen-bond donors (Lipinski definition) is 3. The minimum atomic E-state index is -2.69. The molecular formula is C22H25FO4. The number of rotatable bonds is 7. The summed E-state index contributed by atoms with van der Waals surface area (Å²) in [6, 6.07) is 9.16. The molecule has 2 rings (SSSR count). The van der Waals surface area contributed by atoms with Gasteiger partial charge in [-0.1, -0.05) is 35.9 Å². The maximum Gasteiger partial charge on any atom is 0.364 e. The van der Waals surface area contributed by atoms with Gasteiger partial charge in [0.15, 0.2) is 0 Å². The third-order valence-electron chi connectivity index (χ3n) is 4.52. The van der Waals surface area contributed by atoms with E-state index < -0.39 is 11.8 Å². The van der Waals surface area contributed by atoms with Crippen LogP contribution >= 0.6 is 0 Å². The second kappa shape index (κ2) is 8.46. The van der Waals surface area contributed by atoms with Crippen LogP contribution in [0, 0.1) is 26.6 Å². The maximum absolute atomic E-state index is 13.6. The van der Waals surface area contributed by atoms with Crippen molar-refractivity contribution in [3.05, 3.63) is 64.5 Å². The number of allylic oxidation sites excluding steroid dienone is 1. The molecule has 0 saturated heterocycles. The molecule has 2 aromatic rings. The Morgan fingerprint density at radius 1 is 1.11 bits per heavy atom. The van der Waals surface area contributed by atoms with E-state index in [1.807, 2.05) is 32.1 Å². The number of halogens is 1. The lowest BCUT2D eigenvalue weighted by atomic mass is 9.92. The van der Waals surface area contributed by atoms with Crippen LogP contribution in [0.2, 0.25) is 0 Å². The third-order valence-corrected chi connectivity index (χ3v) is 4.52. The van der Waals surface area contributed by atoms with Crippen LogP contribution in [0.25, 0.3) is 17.2 Å². The fourth-order valence-corrected chi connectivity index (χ4v) is 3.03. The predicted octanol–water partition coefficient (Wildman–Crippen LogP) is 4.37. The molecule has 2 aromatic carbocycles. The van der Waals surface area contributed by atoms with E-state index in [2.05, 4.69) is 12.1 Å². The first-order valence-corrected chi connectivity index (χ1v) is 8.84. The molecule has 0 bridgehead atoms. The summed E-state index contributed by atoms with van der Waals surface area (Å²) in [5, 5.41) is 27.3. The van der Waals surface area contributed by atoms with Gasteiger partial charge >= 0.3 is 5.97 Å². The Kier molecular flexibility index (Phi) is 6.52. The van der Waals surface area contributed by atoms with Crippen LogP contribution in [0.4, 0.5) is 4.39 Å². The molecule has 144 valence electrons. The molecule has 3 N–H and O–H groups in total. The van der Waals surface area contributed by atoms with E-state index in [0.717, 1.165) is 27.8 Å². The van der Waals surface area contributed by atoms with Crippen LogP contribution < -0.4 is 0 Å². The minimum Gasteiger partial charge on any atom is -0.477 e. The van der Waals surface area contributed by atoms with Gasteiger partial charge in [0.25, 0.3) is 5.79 Å². The molecule has 27 heavy (non-hydrogen) atoms. The number of benzene rings is 2. The quantitative estimate of drug-likeness (QED) is 0.498. The van der Waals surface area contributed by atoms with Gasteiger partial charge in [0.1, 0.15) is 5.82 Å². The molecule has 0 fully saturated rings. The van der Waals surface area contributed by atoms with Crippen molar-refractivity contribution >= 4 is 12.0 Å². The number of unbranched alkanes of at least 4 members (excludes halogenated alkanes) is 1. The Hall–Kier alpha value is -2.50. The van der Waals surface area contributed by atoms with E-state index in [1.165, 1.54) is 6.07 Å². The fraction of sp³-hybridized carbons (Fsp3) is 0.318. The molecule has 0 amide bonds. The largest absolute Gasteiger partial charge is 0.477 e. The van der Waals surface area contributed by atoms with Crippen LogP contribution in [-0.2, 0) is 4.79 Å². The summed E-state index contributed by atoms with van der Waals surface area (Å²) < 4.78 is 13.6. The highest BCUT2D eigenvalue weighted by Crippen LogP contribution is 2.30. The smallest absolute Gasteiger partial charge is 0.364 e. The van der Waals surface area contributed by atoms with Crippen LogP contribution in [0.3, 0.4) is 0 Å². The van der Waals surface area contributed by atoms with Crippen LogP contribution in [-0.4, -0.2) is 27.1 Å². The van der Waals surface area contributed by atoms with Crippen molar-refractivity contribution < 1.29 is 24.5 Å². The molecule has 0 spiro atoms. The summed E-state index contributed by atoms with van der Waals surface area (Å²) in [7, 11) is 0. The van der Waals surface area contributed by atoms with Gasteiger partial charge in [-0.25, -0.2) is 9.18 Å². The average molecular weight is 372 g/mol. The van der Waals surface area contributed by atoms with E-state index in [4.69, 9.17) is 5.11 Å². The molecular weight excluding hydrogens is 347 g/mol. The highest BCUT2D eigenvalue weighted by Gasteiger charge is 2.31. The number of aryl methyl sites for hydroxylation is 3. The molecule has 0 saturated carbocycles. The molecule has 4 nitrogen and oxygen atoms in total. The lowest BCUT2D eigenvalue weighted by Crippen LogP contribution is -2.37. The average Bonchev–Trinajstić information content (AvgIpc) is 2.58. The van der Waals surface area contributed by atoms with Gasteiger partial charge in [-0.2, -0.15) is 0 Å². The van der Waals surface area contributed by atoms with E-state index in [1.54, 1.807) is 13.0 Å². The van der Waals surface area contributed by atoms with Gasteiger partial charge in [0.2, 0.25) is 0 Å². The van der Waals surface area contributed by atoms with Crippen molar-refractivity contribution in [3.8, 4) is 11.1 Å². The molecule has 0 unspecified atom stereocenters. The Bertz CT molecular complexity index is 869. The molecule has 0 heterocycles. The summed E-state index contributed by atoms with van der Waals surface area (Å²) >= 11 is 0. The van der Waals surface area contributed by atoms with Gasteiger partial charge in [-0.05, 0) is 73.6 Å². The number of aliphatic hydroxyl groups is 2. The zero-order valence-corrected chi connectivity index (χ0v) is 15.8. The van der Waals surface area contributed by atoms with Crippen LogP contribution in [0.5, 0.6) is 0 Å². The molecule has 0 atom stereocenters. The molecule has 0 aromatic heterocycles. The number of carboxylic acids is 1. The van der Waals surface area contributed by atoms with Crippen LogP contribution in [0.15, 0.2) is 36.4 Å². The van der Waals surface area contributed by atoms with Crippen molar-refractivity contribution in [1.82, 2.24) is 0 Å². The third kappa shape index (κ3) is 5.25. The Labute approximate surface area is 158 Å². The topological polar surface area (TPSA) is 77.8 Å². The number of carbonyl (C=O) groups is 1. The molecule has 5 heteroatoms. The Morgan fingerprint density at radius 2 is 1.81 bits per heavy atom. The molecule has 0 aliphatic rings. The Morgan fingerprint density at radius 3 is 2.44 bits per heavy atom. The number of hydrogen-bond acceptors (Lipinski definition) is 3. The van der Waals surface area contributed by atoms with Gasteiger partial charge in [-0.3, -0.25) is 0 Å². The first-order chi connectivity index (χ1) is 12.6. The zero-order valence-electron chi connectivity index (χ0n) is 15.8. The maximum atomic E-state index is 13.6. The van der Waals surface area contributed by atoms with E-state index in [9.17, 15) is 19.4 Å². The highest BCUT2D eigenvalue weighted by molar-refractivity contribution is 5.78. The number of carboxylic acid groups (broad SMARTS) is 1. The Balaban J connectivity index is 2.24. The molecule has 0 aliphatic carbocycles. The summed E-state index contributed by atoms with van der Waals surface area (Å²) in [6.45, 7) is 5.74. The standard InChI is InChI=1S/C22H25FO4/c1-14-11-15(2)18(7-5-4-6-10-22(26,27)21(24)25)19(12-14)17-8-9-20(23)16(3)13-17/h5,7-9,11-13,26-27H,4,6,10H2,1-3H3,(H,24,25). The fourth-order valence-electron chi connectivity index (χ4n) is 3.03. The van der Waals surface area contributed by atoms with Gasteiger partial charge in [-0.15, -0.1) is 0 Å². The second-order valence-corrected chi connectivity index (χ2v) is 6.92. The SMILES string of the molecule is Cc1cc(C)c(C=CCCCC(O)(O)C(=O)O)c(-c2ccc(F)c(C)c2)c1. The minimum absolute atomic E-state index is 0.241. The summed E-state index contributed by atoms with van der Waals surface area (Å²) in [4.78, 5) is 10.7. The van der Waals surface area contributed by atoms with Gasteiger partial charge in [0, 0.05) is 6.42 Å². The van der Waals surface area contributed by atoms with Crippen molar-refractivity contribution in [2.45, 2.75) is 45.8 Å². The monoisotopic (exact) mass is 372 g/mol. The second-order valence-electron chi connectivity index (χ2n) is 6.92. The number of aliphatic carboxylic acids is 1. The summed E-state index contributed by atoms with van der Waals surface area (Å²) in [6.07, 6.45) is 4.41. The van der Waals surface area contributed by atoms with Gasteiger partial charge in [0.05, 0.1) is 0 Å². The lowest BCUT2D eigenvalue weighted by Gasteiger charge is -2.15. The van der Waals surface area contributed by atoms with E-state index >= 15 is 0 Å². The lowest BCUT2D eigenvalue weighted by molar-refractivity contribution is -0.205. The highest BCUT2D eigenvalue weighted by atomic mass is 19.1.